The van der Waals surface area contributed by atoms with E-state index >= 15 is 0 Å². The van der Waals surface area contributed by atoms with Gasteiger partial charge in [0.15, 0.2) is 0 Å². The quantitative estimate of drug-likeness (QED) is 0.493. The largest absolute Gasteiger partial charge is 0.424 e. The molecule has 0 bridgehead atoms. The number of ether oxygens (including phenoxy) is 2. The van der Waals surface area contributed by atoms with E-state index in [1.165, 1.54) is 74.7 Å². The maximum Gasteiger partial charge on any atom is 0.291 e. The highest BCUT2D eigenvalue weighted by atomic mass is 31.1. The number of nitrogens with one attached hydrogen (secondary N) is 1. The fraction of sp³-hybridized carbons (Fsp3) is 0.581. The normalized spacial score (nSPS) is 38.0. The number of benzene rings is 2. The molecule has 7 rings (SSSR count). The van der Waals surface area contributed by atoms with Crippen LogP contribution in [0.15, 0.2) is 60.7 Å². The lowest BCUT2D eigenvalue weighted by Gasteiger charge is -2.47. The third-order valence-corrected chi connectivity index (χ3v) is 12.4. The molecule has 4 heteroatoms. The minimum atomic E-state index is -0.263. The van der Waals surface area contributed by atoms with Gasteiger partial charge in [-0.1, -0.05) is 55.0 Å². The summed E-state index contributed by atoms with van der Waals surface area (Å²) in [5.74, 6) is 3.74. The topological polar surface area (TPSA) is 30.5 Å². The van der Waals surface area contributed by atoms with Crippen LogP contribution in [0.5, 0.6) is 5.75 Å². The standard InChI is InChI=1S/C31H39NO2P/c1-4-11-21(12-5-1)27-29(31(35-19-8-3-9-20-35)33-23-14-6-2-7-15-23)32-28-24-18-17-22-13-10-16-25(26(22)24)34-30(27)28/h1-2,4-7,11-12,14-15,22,24-30,32H,3,8-10,13,16-20H2/q+1/t22?,24?,25?,26?,27-,28-,29+,30-/m1/s1. The molecule has 5 aliphatic rings. The Kier molecular flexibility index (Phi) is 6.21. The van der Waals surface area contributed by atoms with E-state index < -0.39 is 0 Å². The molecular formula is C31H39NO2P+. The van der Waals surface area contributed by atoms with E-state index in [1.54, 1.807) is 0 Å². The van der Waals surface area contributed by atoms with E-state index in [1.807, 2.05) is 0 Å². The van der Waals surface area contributed by atoms with Gasteiger partial charge in [-0.15, -0.1) is 0 Å². The lowest BCUT2D eigenvalue weighted by Crippen LogP contribution is -2.54. The Balaban J connectivity index is 1.31. The van der Waals surface area contributed by atoms with Crippen molar-refractivity contribution >= 4 is 13.0 Å². The van der Waals surface area contributed by atoms with E-state index in [2.05, 4.69) is 66.0 Å². The zero-order valence-corrected chi connectivity index (χ0v) is 21.6. The SMILES string of the molecule is c1ccc(OC([C@H]2N[C@@H]3C4CCC5CCCC(O[C@@H]3[C@@H]2c2ccccc2)C54)=[P+]2CCCCC2)cc1. The van der Waals surface area contributed by atoms with Gasteiger partial charge in [0.05, 0.1) is 12.2 Å². The van der Waals surface area contributed by atoms with E-state index in [-0.39, 0.29) is 19.7 Å². The van der Waals surface area contributed by atoms with E-state index in [0.717, 1.165) is 23.5 Å². The number of fused-ring (bicyclic) bond motifs is 2. The van der Waals surface area contributed by atoms with Gasteiger partial charge in [0.1, 0.15) is 31.7 Å². The molecule has 5 fully saturated rings. The first kappa shape index (κ1) is 22.5. The summed E-state index contributed by atoms with van der Waals surface area (Å²) in [5, 5.41) is 4.25. The molecule has 0 aromatic heterocycles. The molecule has 2 saturated carbocycles. The molecule has 8 atom stereocenters. The molecular weight excluding hydrogens is 449 g/mol. The smallest absolute Gasteiger partial charge is 0.291 e. The molecule has 3 aliphatic heterocycles. The minimum absolute atomic E-state index is 0.232. The molecule has 3 heterocycles. The second-order valence-corrected chi connectivity index (χ2v) is 14.0. The van der Waals surface area contributed by atoms with Crippen molar-refractivity contribution in [3.8, 4) is 5.75 Å². The first-order valence-corrected chi connectivity index (χ1v) is 15.9. The summed E-state index contributed by atoms with van der Waals surface area (Å²) in [7, 11) is -0.263. The molecule has 3 nitrogen and oxygen atoms in total. The molecule has 0 amide bonds. The summed E-state index contributed by atoms with van der Waals surface area (Å²) in [6, 6.07) is 22.5. The van der Waals surface area contributed by atoms with Crippen molar-refractivity contribution in [2.45, 2.75) is 81.6 Å². The number of rotatable bonds is 4. The molecule has 2 aromatic rings. The van der Waals surface area contributed by atoms with Crippen LogP contribution >= 0.6 is 7.55 Å². The predicted molar refractivity (Wildman–Crippen MR) is 145 cm³/mol. The summed E-state index contributed by atoms with van der Waals surface area (Å²) in [6.07, 6.45) is 14.2. The van der Waals surface area contributed by atoms with Crippen LogP contribution in [0.4, 0.5) is 0 Å². The Labute approximate surface area is 211 Å². The van der Waals surface area contributed by atoms with Gasteiger partial charge in [0, 0.05) is 12.0 Å². The van der Waals surface area contributed by atoms with Crippen LogP contribution in [-0.4, -0.2) is 42.1 Å². The van der Waals surface area contributed by atoms with Crippen molar-refractivity contribution in [2.75, 3.05) is 12.3 Å². The summed E-state index contributed by atoms with van der Waals surface area (Å²) >= 11 is 0. The zero-order chi connectivity index (χ0) is 23.2. The van der Waals surface area contributed by atoms with Crippen molar-refractivity contribution in [1.29, 1.82) is 0 Å². The molecule has 184 valence electrons. The molecule has 3 saturated heterocycles. The number of para-hydroxylation sites is 1. The van der Waals surface area contributed by atoms with Gasteiger partial charge in [0.2, 0.25) is 0 Å². The van der Waals surface area contributed by atoms with Gasteiger partial charge < -0.3 is 9.47 Å². The Morgan fingerprint density at radius 3 is 2.40 bits per heavy atom. The van der Waals surface area contributed by atoms with E-state index in [4.69, 9.17) is 9.47 Å². The van der Waals surface area contributed by atoms with Crippen molar-refractivity contribution in [2.24, 2.45) is 17.8 Å². The highest BCUT2D eigenvalue weighted by Gasteiger charge is 2.60. The maximum atomic E-state index is 7.16. The highest BCUT2D eigenvalue weighted by molar-refractivity contribution is 7.58. The second kappa shape index (κ2) is 9.66. The first-order chi connectivity index (χ1) is 17.4. The number of hydrogen-bond acceptors (Lipinski definition) is 3. The average molecular weight is 489 g/mol. The van der Waals surface area contributed by atoms with Crippen LogP contribution in [0.25, 0.3) is 0 Å². The van der Waals surface area contributed by atoms with E-state index in [0.29, 0.717) is 18.1 Å². The average Bonchev–Trinajstić information content (AvgIpc) is 3.52. The van der Waals surface area contributed by atoms with Crippen molar-refractivity contribution < 1.29 is 9.47 Å². The third-order valence-electron chi connectivity index (χ3n) is 9.72. The van der Waals surface area contributed by atoms with Crippen LogP contribution in [0, 0.1) is 17.8 Å². The Morgan fingerprint density at radius 1 is 0.829 bits per heavy atom. The highest BCUT2D eigenvalue weighted by Crippen LogP contribution is 2.56. The fourth-order valence-corrected chi connectivity index (χ4v) is 11.0. The molecule has 2 aromatic carbocycles. The van der Waals surface area contributed by atoms with Gasteiger partial charge in [-0.3, -0.25) is 5.32 Å². The lowest BCUT2D eigenvalue weighted by molar-refractivity contribution is -0.135. The van der Waals surface area contributed by atoms with Gasteiger partial charge >= 0.3 is 0 Å². The van der Waals surface area contributed by atoms with Crippen molar-refractivity contribution in [1.82, 2.24) is 5.32 Å². The second-order valence-electron chi connectivity index (χ2n) is 11.6. The van der Waals surface area contributed by atoms with E-state index in [9.17, 15) is 0 Å². The Bertz CT molecular complexity index is 1050. The lowest BCUT2D eigenvalue weighted by atomic mass is 9.70. The summed E-state index contributed by atoms with van der Waals surface area (Å²) < 4.78 is 14.1. The van der Waals surface area contributed by atoms with Crippen LogP contribution in [0.2, 0.25) is 0 Å². The van der Waals surface area contributed by atoms with Gasteiger partial charge in [-0.2, -0.15) is 0 Å². The zero-order valence-electron chi connectivity index (χ0n) is 20.7. The van der Waals surface area contributed by atoms with Crippen LogP contribution < -0.4 is 10.1 Å². The molecule has 0 radical (unpaired) electrons. The molecule has 4 unspecified atom stereocenters. The number of hydrogen-bond donors (Lipinski definition) is 1. The fourth-order valence-electron chi connectivity index (χ4n) is 8.30. The summed E-state index contributed by atoms with van der Waals surface area (Å²) in [5.41, 5.74) is 2.76. The molecule has 35 heavy (non-hydrogen) atoms. The first-order valence-electron chi connectivity index (χ1n) is 14.2. The monoisotopic (exact) mass is 488 g/mol. The maximum absolute atomic E-state index is 7.16. The third kappa shape index (κ3) is 4.08. The van der Waals surface area contributed by atoms with Gasteiger partial charge in [-0.25, -0.2) is 0 Å². The molecule has 0 spiro atoms. The van der Waals surface area contributed by atoms with Crippen LogP contribution in [0.3, 0.4) is 0 Å². The van der Waals surface area contributed by atoms with Gasteiger partial charge in [-0.05, 0) is 80.4 Å². The molecule has 1 N–H and O–H groups in total. The Morgan fingerprint density at radius 2 is 1.60 bits per heavy atom. The van der Waals surface area contributed by atoms with Gasteiger partial charge in [0.25, 0.3) is 5.48 Å². The molecule has 2 aliphatic carbocycles. The van der Waals surface area contributed by atoms with Crippen molar-refractivity contribution in [3.05, 3.63) is 66.2 Å². The predicted octanol–water partition coefficient (Wildman–Crippen LogP) is 6.58. The minimum Gasteiger partial charge on any atom is -0.424 e. The van der Waals surface area contributed by atoms with Crippen LogP contribution in [-0.2, 0) is 4.74 Å². The van der Waals surface area contributed by atoms with Crippen molar-refractivity contribution in [3.63, 3.8) is 0 Å². The van der Waals surface area contributed by atoms with Crippen LogP contribution in [0.1, 0.15) is 62.8 Å². The Hall–Kier alpha value is -1.67. The summed E-state index contributed by atoms with van der Waals surface area (Å²) in [4.78, 5) is 0. The summed E-state index contributed by atoms with van der Waals surface area (Å²) in [6.45, 7) is 0.